The van der Waals surface area contributed by atoms with Gasteiger partial charge < -0.3 is 10.0 Å². The molecule has 0 radical (unpaired) electrons. The van der Waals surface area contributed by atoms with Crippen LogP contribution in [0.15, 0.2) is 42.7 Å². The summed E-state index contributed by atoms with van der Waals surface area (Å²) in [6, 6.07) is 11.4. The lowest BCUT2D eigenvalue weighted by atomic mass is 9.94. The normalized spacial score (nSPS) is 20.1. The smallest absolute Gasteiger partial charge is 0.256 e. The first-order valence-corrected chi connectivity index (χ1v) is 8.08. The first-order valence-electron chi connectivity index (χ1n) is 8.08. The molecule has 2 aromatic heterocycles. The molecule has 0 amide bonds. The third-order valence-corrected chi connectivity index (χ3v) is 4.60. The molecular formula is C17H17F2N5O. The number of aliphatic hydroxyl groups is 1. The molecular weight excluding hydrogens is 328 g/mol. The third kappa shape index (κ3) is 2.82. The highest BCUT2D eigenvalue weighted by Gasteiger charge is 2.44. The number of nitrogens with zero attached hydrogens (tertiary/aromatic N) is 5. The molecule has 4 rings (SSSR count). The maximum Gasteiger partial charge on any atom is 0.256 e. The molecule has 1 unspecified atom stereocenters. The van der Waals surface area contributed by atoms with Crippen LogP contribution in [0.5, 0.6) is 0 Å². The molecule has 1 atom stereocenters. The summed E-state index contributed by atoms with van der Waals surface area (Å²) in [5.74, 6) is -2.90. The van der Waals surface area contributed by atoms with E-state index >= 15 is 0 Å². The van der Waals surface area contributed by atoms with Gasteiger partial charge in [0.25, 0.3) is 11.7 Å². The molecule has 6 nitrogen and oxygen atoms in total. The van der Waals surface area contributed by atoms with Crippen LogP contribution in [0, 0.1) is 5.92 Å². The van der Waals surface area contributed by atoms with Gasteiger partial charge in [0.1, 0.15) is 12.1 Å². The summed E-state index contributed by atoms with van der Waals surface area (Å²) in [5.41, 5.74) is 1.62. The molecule has 1 N–H and O–H groups in total. The van der Waals surface area contributed by atoms with Crippen molar-refractivity contribution < 1.29 is 13.9 Å². The SMILES string of the molecule is OCC1CN(c2cc(-c3ccccc3)nc3ncnn23)CCC1(F)F. The lowest BCUT2D eigenvalue weighted by Crippen LogP contribution is -2.49. The van der Waals surface area contributed by atoms with Crippen LogP contribution in [0.1, 0.15) is 6.42 Å². The zero-order chi connectivity index (χ0) is 17.4. The summed E-state index contributed by atoms with van der Waals surface area (Å²) < 4.78 is 29.4. The summed E-state index contributed by atoms with van der Waals surface area (Å²) in [6.07, 6.45) is 1.08. The number of aromatic nitrogens is 4. The number of anilines is 1. The Morgan fingerprint density at radius 1 is 1.24 bits per heavy atom. The van der Waals surface area contributed by atoms with Gasteiger partial charge in [0.15, 0.2) is 0 Å². The fourth-order valence-corrected chi connectivity index (χ4v) is 3.16. The quantitative estimate of drug-likeness (QED) is 0.789. The van der Waals surface area contributed by atoms with Crippen LogP contribution in [0.2, 0.25) is 0 Å². The predicted molar refractivity (Wildman–Crippen MR) is 88.6 cm³/mol. The van der Waals surface area contributed by atoms with E-state index in [2.05, 4.69) is 15.1 Å². The van der Waals surface area contributed by atoms with E-state index in [1.54, 1.807) is 4.52 Å². The second kappa shape index (κ2) is 6.03. The van der Waals surface area contributed by atoms with Gasteiger partial charge >= 0.3 is 0 Å². The van der Waals surface area contributed by atoms with Crippen molar-refractivity contribution in [2.45, 2.75) is 12.3 Å². The number of rotatable bonds is 3. The molecule has 3 aromatic rings. The van der Waals surface area contributed by atoms with Crippen LogP contribution in [-0.4, -0.2) is 50.3 Å². The fraction of sp³-hybridized carbons (Fsp3) is 0.353. The van der Waals surface area contributed by atoms with Crippen molar-refractivity contribution in [3.63, 3.8) is 0 Å². The number of fused-ring (bicyclic) bond motifs is 1. The molecule has 3 heterocycles. The van der Waals surface area contributed by atoms with Crippen molar-refractivity contribution in [2.24, 2.45) is 5.92 Å². The monoisotopic (exact) mass is 345 g/mol. The van der Waals surface area contributed by atoms with E-state index < -0.39 is 18.4 Å². The molecule has 1 aliphatic heterocycles. The van der Waals surface area contributed by atoms with Gasteiger partial charge in [-0.3, -0.25) is 0 Å². The lowest BCUT2D eigenvalue weighted by Gasteiger charge is -2.38. The highest BCUT2D eigenvalue weighted by molar-refractivity contribution is 5.65. The predicted octanol–water partition coefficient (Wildman–Crippen LogP) is 2.25. The zero-order valence-electron chi connectivity index (χ0n) is 13.4. The maximum absolute atomic E-state index is 13.9. The molecule has 1 saturated heterocycles. The van der Waals surface area contributed by atoms with Crippen LogP contribution in [0.3, 0.4) is 0 Å². The number of halogens is 2. The molecule has 1 aliphatic rings. The summed E-state index contributed by atoms with van der Waals surface area (Å²) in [7, 11) is 0. The summed E-state index contributed by atoms with van der Waals surface area (Å²) >= 11 is 0. The zero-order valence-corrected chi connectivity index (χ0v) is 13.4. The minimum absolute atomic E-state index is 0.0523. The Hall–Kier alpha value is -2.61. The summed E-state index contributed by atoms with van der Waals surface area (Å²) in [4.78, 5) is 10.5. The highest BCUT2D eigenvalue weighted by atomic mass is 19.3. The largest absolute Gasteiger partial charge is 0.396 e. The molecule has 1 fully saturated rings. The Morgan fingerprint density at radius 2 is 2.04 bits per heavy atom. The van der Waals surface area contributed by atoms with Gasteiger partial charge in [-0.2, -0.15) is 14.6 Å². The molecule has 1 aromatic carbocycles. The van der Waals surface area contributed by atoms with Gasteiger partial charge in [-0.05, 0) is 0 Å². The molecule has 25 heavy (non-hydrogen) atoms. The van der Waals surface area contributed by atoms with Crippen LogP contribution in [0.25, 0.3) is 17.0 Å². The van der Waals surface area contributed by atoms with Crippen LogP contribution >= 0.6 is 0 Å². The van der Waals surface area contributed by atoms with E-state index in [9.17, 15) is 13.9 Å². The van der Waals surface area contributed by atoms with Crippen molar-refractivity contribution in [2.75, 3.05) is 24.6 Å². The average Bonchev–Trinajstić information content (AvgIpc) is 3.10. The summed E-state index contributed by atoms with van der Waals surface area (Å²) in [5, 5.41) is 13.5. The highest BCUT2D eigenvalue weighted by Crippen LogP contribution is 2.35. The standard InChI is InChI=1S/C17H17F2N5O/c18-17(19)6-7-23(9-13(17)10-25)15-8-14(12-4-2-1-3-5-12)22-16-20-11-21-24(15)16/h1-5,8,11,13,25H,6-7,9-10H2. The van der Waals surface area contributed by atoms with Crippen LogP contribution in [0.4, 0.5) is 14.6 Å². The Labute approximate surface area is 142 Å². The average molecular weight is 345 g/mol. The number of alkyl halides is 2. The molecule has 130 valence electrons. The number of aliphatic hydroxyl groups excluding tert-OH is 1. The van der Waals surface area contributed by atoms with Gasteiger partial charge in [0.2, 0.25) is 0 Å². The Bertz CT molecular complexity index is 883. The van der Waals surface area contributed by atoms with Crippen molar-refractivity contribution in [1.29, 1.82) is 0 Å². The maximum atomic E-state index is 13.9. The minimum atomic E-state index is -2.86. The second-order valence-electron chi connectivity index (χ2n) is 6.17. The van der Waals surface area contributed by atoms with Crippen molar-refractivity contribution >= 4 is 11.6 Å². The Balaban J connectivity index is 1.78. The number of piperidine rings is 1. The van der Waals surface area contributed by atoms with Crippen LogP contribution in [-0.2, 0) is 0 Å². The van der Waals surface area contributed by atoms with Crippen molar-refractivity contribution in [3.8, 4) is 11.3 Å². The summed E-state index contributed by atoms with van der Waals surface area (Å²) in [6.45, 7) is -0.325. The van der Waals surface area contributed by atoms with Crippen LogP contribution < -0.4 is 4.90 Å². The van der Waals surface area contributed by atoms with Crippen molar-refractivity contribution in [3.05, 3.63) is 42.7 Å². The Kier molecular flexibility index (Phi) is 3.84. The van der Waals surface area contributed by atoms with Gasteiger partial charge in [0.05, 0.1) is 18.2 Å². The first-order chi connectivity index (χ1) is 12.1. The minimum Gasteiger partial charge on any atom is -0.396 e. The molecule has 0 aliphatic carbocycles. The fourth-order valence-electron chi connectivity index (χ4n) is 3.16. The molecule has 0 saturated carbocycles. The topological polar surface area (TPSA) is 66.5 Å². The number of hydrogen-bond acceptors (Lipinski definition) is 5. The number of benzene rings is 1. The third-order valence-electron chi connectivity index (χ3n) is 4.60. The van der Waals surface area contributed by atoms with E-state index in [4.69, 9.17) is 0 Å². The van der Waals surface area contributed by atoms with E-state index in [0.717, 1.165) is 5.56 Å². The van der Waals surface area contributed by atoms with Gasteiger partial charge in [-0.1, -0.05) is 30.3 Å². The van der Waals surface area contributed by atoms with Gasteiger partial charge in [-0.15, -0.1) is 0 Å². The second-order valence-corrected chi connectivity index (χ2v) is 6.17. The van der Waals surface area contributed by atoms with E-state index in [1.807, 2.05) is 41.3 Å². The molecule has 0 spiro atoms. The van der Waals surface area contributed by atoms with Gasteiger partial charge in [0, 0.05) is 31.1 Å². The first kappa shape index (κ1) is 15.9. The number of hydrogen-bond donors (Lipinski definition) is 1. The molecule has 8 heteroatoms. The molecule has 0 bridgehead atoms. The van der Waals surface area contributed by atoms with Gasteiger partial charge in [-0.25, -0.2) is 13.8 Å². The van der Waals surface area contributed by atoms with E-state index in [-0.39, 0.29) is 19.5 Å². The lowest BCUT2D eigenvalue weighted by molar-refractivity contribution is -0.0881. The van der Waals surface area contributed by atoms with E-state index in [1.165, 1.54) is 6.33 Å². The van der Waals surface area contributed by atoms with E-state index in [0.29, 0.717) is 17.3 Å². The van der Waals surface area contributed by atoms with Crippen molar-refractivity contribution in [1.82, 2.24) is 19.6 Å². The Morgan fingerprint density at radius 3 is 2.80 bits per heavy atom.